The molecule has 2 aromatic rings. The lowest BCUT2D eigenvalue weighted by molar-refractivity contribution is -0.386. The fourth-order valence-electron chi connectivity index (χ4n) is 1.38. The molecular formula is C11H7N5O3. The number of nitro groups is 1. The number of benzene rings is 1. The maximum Gasteiger partial charge on any atom is 0.352 e. The Bertz CT molecular complexity index is 732. The van der Waals surface area contributed by atoms with Crippen LogP contribution in [0.1, 0.15) is 5.56 Å². The highest BCUT2D eigenvalue weighted by atomic mass is 16.6. The summed E-state index contributed by atoms with van der Waals surface area (Å²) in [5, 5.41) is 22.0. The number of hydrogen-bond donors (Lipinski definition) is 2. The smallest absolute Gasteiger partial charge is 0.326 e. The van der Waals surface area contributed by atoms with Gasteiger partial charge in [-0.1, -0.05) is 6.07 Å². The van der Waals surface area contributed by atoms with Crippen molar-refractivity contribution in [2.75, 3.05) is 5.32 Å². The van der Waals surface area contributed by atoms with Crippen LogP contribution in [-0.4, -0.2) is 14.9 Å². The zero-order valence-corrected chi connectivity index (χ0v) is 9.45. The number of hydrogen-bond acceptors (Lipinski definition) is 6. The van der Waals surface area contributed by atoms with Crippen LogP contribution in [0.3, 0.4) is 0 Å². The Kier molecular flexibility index (Phi) is 3.20. The monoisotopic (exact) mass is 257 g/mol. The number of H-pyrrole nitrogens is 1. The van der Waals surface area contributed by atoms with E-state index in [9.17, 15) is 14.9 Å². The average Bonchev–Trinajstić information content (AvgIpc) is 2.38. The Morgan fingerprint density at radius 2 is 2.26 bits per heavy atom. The molecule has 8 nitrogen and oxygen atoms in total. The van der Waals surface area contributed by atoms with Crippen LogP contribution < -0.4 is 10.9 Å². The second kappa shape index (κ2) is 4.97. The summed E-state index contributed by atoms with van der Waals surface area (Å²) in [6, 6.07) is 8.47. The van der Waals surface area contributed by atoms with Crippen LogP contribution in [0.25, 0.3) is 0 Å². The maximum atomic E-state index is 11.4. The van der Waals surface area contributed by atoms with Gasteiger partial charge in [0.25, 0.3) is 0 Å². The number of nitrogens with one attached hydrogen (secondary N) is 2. The number of aromatic nitrogens is 2. The minimum atomic E-state index is -0.848. The first-order valence-corrected chi connectivity index (χ1v) is 5.11. The number of rotatable bonds is 3. The largest absolute Gasteiger partial charge is 0.352 e. The van der Waals surface area contributed by atoms with Gasteiger partial charge in [-0.25, -0.2) is 4.98 Å². The van der Waals surface area contributed by atoms with Gasteiger partial charge in [-0.2, -0.15) is 5.26 Å². The Balaban J connectivity index is 2.29. The summed E-state index contributed by atoms with van der Waals surface area (Å²) in [6.07, 6.45) is 0.870. The van der Waals surface area contributed by atoms with E-state index in [1.54, 1.807) is 24.3 Å². The van der Waals surface area contributed by atoms with E-state index in [0.29, 0.717) is 11.3 Å². The van der Waals surface area contributed by atoms with Gasteiger partial charge >= 0.3 is 11.2 Å². The molecule has 0 saturated carbocycles. The molecule has 2 rings (SSSR count). The van der Waals surface area contributed by atoms with Crippen molar-refractivity contribution in [3.8, 4) is 6.07 Å². The van der Waals surface area contributed by atoms with Crippen LogP contribution in [0.4, 0.5) is 17.3 Å². The van der Waals surface area contributed by atoms with Crippen LogP contribution in [0.15, 0.2) is 35.3 Å². The van der Waals surface area contributed by atoms with Crippen molar-refractivity contribution in [1.82, 2.24) is 9.97 Å². The molecule has 0 aliphatic heterocycles. The second-order valence-electron chi connectivity index (χ2n) is 3.52. The predicted molar refractivity (Wildman–Crippen MR) is 66.0 cm³/mol. The van der Waals surface area contributed by atoms with E-state index >= 15 is 0 Å². The summed E-state index contributed by atoms with van der Waals surface area (Å²) in [6.45, 7) is 0. The Hall–Kier alpha value is -3.21. The van der Waals surface area contributed by atoms with Gasteiger partial charge in [0.15, 0.2) is 0 Å². The molecule has 0 saturated heterocycles. The van der Waals surface area contributed by atoms with Crippen molar-refractivity contribution < 1.29 is 4.92 Å². The van der Waals surface area contributed by atoms with E-state index in [-0.39, 0.29) is 5.95 Å². The van der Waals surface area contributed by atoms with Crippen molar-refractivity contribution in [1.29, 1.82) is 5.26 Å². The van der Waals surface area contributed by atoms with Crippen LogP contribution in [0.5, 0.6) is 0 Å². The standard InChI is InChI=1S/C11H7N5O3/c12-5-7-2-1-3-8(4-7)14-11-13-6-9(16(18)19)10(17)15-11/h1-4,6H,(H2,13,14,15,17). The molecule has 0 radical (unpaired) electrons. The van der Waals surface area contributed by atoms with Gasteiger partial charge in [0.1, 0.15) is 6.20 Å². The fourth-order valence-corrected chi connectivity index (χ4v) is 1.38. The van der Waals surface area contributed by atoms with Crippen LogP contribution in [0.2, 0.25) is 0 Å². The van der Waals surface area contributed by atoms with Gasteiger partial charge in [-0.05, 0) is 18.2 Å². The van der Waals surface area contributed by atoms with E-state index in [1.165, 1.54) is 0 Å². The van der Waals surface area contributed by atoms with E-state index in [2.05, 4.69) is 15.3 Å². The summed E-state index contributed by atoms with van der Waals surface area (Å²) in [5.41, 5.74) is -0.499. The molecule has 0 fully saturated rings. The number of nitrogens with zero attached hydrogens (tertiary/aromatic N) is 3. The lowest BCUT2D eigenvalue weighted by Gasteiger charge is -2.04. The lowest BCUT2D eigenvalue weighted by atomic mass is 10.2. The number of nitriles is 1. The summed E-state index contributed by atoms with van der Waals surface area (Å²) in [5.74, 6) is 0.0608. The quantitative estimate of drug-likeness (QED) is 0.630. The van der Waals surface area contributed by atoms with Gasteiger partial charge in [0, 0.05) is 5.69 Å². The summed E-state index contributed by atoms with van der Waals surface area (Å²) < 4.78 is 0. The van der Waals surface area contributed by atoms with Gasteiger partial charge in [-0.3, -0.25) is 19.9 Å². The minimum absolute atomic E-state index is 0.0608. The summed E-state index contributed by atoms with van der Waals surface area (Å²) >= 11 is 0. The molecule has 1 aromatic heterocycles. The molecule has 0 unspecified atom stereocenters. The van der Waals surface area contributed by atoms with Crippen molar-refractivity contribution in [2.24, 2.45) is 0 Å². The predicted octanol–water partition coefficient (Wildman–Crippen LogP) is 1.29. The average molecular weight is 257 g/mol. The van der Waals surface area contributed by atoms with Gasteiger partial charge in [-0.15, -0.1) is 0 Å². The van der Waals surface area contributed by atoms with Gasteiger partial charge < -0.3 is 5.32 Å². The van der Waals surface area contributed by atoms with Gasteiger partial charge in [0.05, 0.1) is 16.6 Å². The highest BCUT2D eigenvalue weighted by Gasteiger charge is 2.12. The van der Waals surface area contributed by atoms with E-state index in [1.807, 2.05) is 6.07 Å². The molecule has 0 bridgehead atoms. The van der Waals surface area contributed by atoms with Crippen molar-refractivity contribution in [3.63, 3.8) is 0 Å². The molecule has 0 amide bonds. The molecule has 0 spiro atoms. The normalized spacial score (nSPS) is 9.63. The van der Waals surface area contributed by atoms with Crippen molar-refractivity contribution in [2.45, 2.75) is 0 Å². The van der Waals surface area contributed by atoms with Crippen LogP contribution >= 0.6 is 0 Å². The Morgan fingerprint density at radius 3 is 2.89 bits per heavy atom. The SMILES string of the molecule is N#Cc1cccc(Nc2ncc([N+](=O)[O-])c(=O)[nH]2)c1. The molecule has 1 aromatic carbocycles. The molecule has 0 aliphatic rings. The highest BCUT2D eigenvalue weighted by Crippen LogP contribution is 2.14. The van der Waals surface area contributed by atoms with E-state index in [0.717, 1.165) is 6.20 Å². The summed E-state index contributed by atoms with van der Waals surface area (Å²) in [4.78, 5) is 27.0. The Morgan fingerprint density at radius 1 is 1.47 bits per heavy atom. The van der Waals surface area contributed by atoms with E-state index < -0.39 is 16.2 Å². The fraction of sp³-hybridized carbons (Fsp3) is 0. The first-order valence-electron chi connectivity index (χ1n) is 5.11. The highest BCUT2D eigenvalue weighted by molar-refractivity contribution is 5.56. The van der Waals surface area contributed by atoms with Crippen LogP contribution in [-0.2, 0) is 0 Å². The van der Waals surface area contributed by atoms with Crippen LogP contribution in [0, 0.1) is 21.4 Å². The summed E-state index contributed by atoms with van der Waals surface area (Å²) in [7, 11) is 0. The molecule has 0 aliphatic carbocycles. The molecule has 0 atom stereocenters. The minimum Gasteiger partial charge on any atom is -0.326 e. The third kappa shape index (κ3) is 2.73. The molecule has 1 heterocycles. The zero-order chi connectivity index (χ0) is 13.8. The maximum absolute atomic E-state index is 11.4. The van der Waals surface area contributed by atoms with Crippen molar-refractivity contribution >= 4 is 17.3 Å². The zero-order valence-electron chi connectivity index (χ0n) is 9.45. The van der Waals surface area contributed by atoms with Crippen molar-refractivity contribution in [3.05, 3.63) is 56.5 Å². The van der Waals surface area contributed by atoms with Gasteiger partial charge in [0.2, 0.25) is 5.95 Å². The Labute approximate surface area is 106 Å². The topological polar surface area (TPSA) is 125 Å². The number of aromatic amines is 1. The third-order valence-electron chi connectivity index (χ3n) is 2.23. The van der Waals surface area contributed by atoms with E-state index in [4.69, 9.17) is 5.26 Å². The second-order valence-corrected chi connectivity index (χ2v) is 3.52. The molecule has 2 N–H and O–H groups in total. The number of anilines is 2. The third-order valence-corrected chi connectivity index (χ3v) is 2.23. The molecule has 19 heavy (non-hydrogen) atoms. The molecular weight excluding hydrogens is 250 g/mol. The molecule has 8 heteroatoms. The molecule has 94 valence electrons. The lowest BCUT2D eigenvalue weighted by Crippen LogP contribution is -2.14. The first-order chi connectivity index (χ1) is 9.10. The first kappa shape index (κ1) is 12.3.